The largest absolute Gasteiger partial charge is 0.339 e. The molecule has 4 amide bonds. The van der Waals surface area contributed by atoms with Gasteiger partial charge in [0, 0.05) is 26.2 Å². The van der Waals surface area contributed by atoms with E-state index in [0.29, 0.717) is 19.5 Å². The molecule has 7 heteroatoms. The van der Waals surface area contributed by atoms with Crippen LogP contribution in [-0.4, -0.2) is 77.9 Å². The molecule has 2 fully saturated rings. The van der Waals surface area contributed by atoms with Crippen molar-refractivity contribution in [3.8, 4) is 0 Å². The molecular weight excluding hydrogens is 260 g/mol. The summed E-state index contributed by atoms with van der Waals surface area (Å²) in [6.45, 7) is 6.28. The van der Waals surface area contributed by atoms with Crippen LogP contribution in [0.2, 0.25) is 0 Å². The van der Waals surface area contributed by atoms with Gasteiger partial charge in [-0.2, -0.15) is 0 Å². The highest BCUT2D eigenvalue weighted by molar-refractivity contribution is 6.08. The molecule has 0 aliphatic carbocycles. The highest BCUT2D eigenvalue weighted by Gasteiger charge is 2.47. The first-order valence-corrected chi connectivity index (χ1v) is 6.98. The zero-order valence-corrected chi connectivity index (χ0v) is 12.3. The van der Waals surface area contributed by atoms with Crippen molar-refractivity contribution >= 4 is 17.8 Å². The third-order valence-corrected chi connectivity index (χ3v) is 4.20. The van der Waals surface area contributed by atoms with Crippen LogP contribution in [0.3, 0.4) is 0 Å². The summed E-state index contributed by atoms with van der Waals surface area (Å²) in [6, 6.07) is -0.471. The Balaban J connectivity index is 1.98. The predicted molar refractivity (Wildman–Crippen MR) is 73.0 cm³/mol. The second kappa shape index (κ2) is 5.40. The Morgan fingerprint density at radius 1 is 1.25 bits per heavy atom. The number of piperazine rings is 1. The van der Waals surface area contributed by atoms with Crippen LogP contribution < -0.4 is 5.32 Å². The van der Waals surface area contributed by atoms with Gasteiger partial charge in [0.05, 0.1) is 0 Å². The van der Waals surface area contributed by atoms with Crippen LogP contribution in [0.5, 0.6) is 0 Å². The monoisotopic (exact) mass is 282 g/mol. The first kappa shape index (κ1) is 14.8. The van der Waals surface area contributed by atoms with E-state index in [0.717, 1.165) is 18.0 Å². The number of amides is 4. The molecule has 1 atom stereocenters. The molecule has 0 aromatic heterocycles. The number of hydrogen-bond donors (Lipinski definition) is 1. The summed E-state index contributed by atoms with van der Waals surface area (Å²) in [6.07, 6.45) is 0.511. The van der Waals surface area contributed by atoms with E-state index in [-0.39, 0.29) is 18.4 Å². The minimum atomic E-state index is -0.876. The minimum absolute atomic E-state index is 0.163. The Bertz CT molecular complexity index is 431. The van der Waals surface area contributed by atoms with Crippen molar-refractivity contribution in [2.75, 3.05) is 39.8 Å². The van der Waals surface area contributed by atoms with Gasteiger partial charge in [0.25, 0.3) is 5.91 Å². The maximum absolute atomic E-state index is 12.2. The van der Waals surface area contributed by atoms with Gasteiger partial charge in [-0.05, 0) is 20.4 Å². The fraction of sp³-hybridized carbons (Fsp3) is 0.769. The van der Waals surface area contributed by atoms with Crippen LogP contribution in [0, 0.1) is 0 Å². The van der Waals surface area contributed by atoms with Gasteiger partial charge >= 0.3 is 6.03 Å². The average Bonchev–Trinajstić information content (AvgIpc) is 2.64. The number of hydrogen-bond acceptors (Lipinski definition) is 4. The molecule has 0 radical (unpaired) electrons. The second-order valence-electron chi connectivity index (χ2n) is 5.69. The third-order valence-electron chi connectivity index (χ3n) is 4.20. The lowest BCUT2D eigenvalue weighted by atomic mass is 9.99. The smallest absolute Gasteiger partial charge is 0.325 e. The first-order valence-electron chi connectivity index (χ1n) is 6.98. The van der Waals surface area contributed by atoms with E-state index in [2.05, 4.69) is 10.2 Å². The highest BCUT2D eigenvalue weighted by atomic mass is 16.2. The normalized spacial score (nSPS) is 27.9. The summed E-state index contributed by atoms with van der Waals surface area (Å²) in [5.74, 6) is -0.477. The van der Waals surface area contributed by atoms with Gasteiger partial charge in [-0.15, -0.1) is 0 Å². The molecule has 2 aliphatic rings. The second-order valence-corrected chi connectivity index (χ2v) is 5.69. The van der Waals surface area contributed by atoms with Crippen molar-refractivity contribution in [3.63, 3.8) is 0 Å². The molecule has 0 aromatic rings. The molecule has 112 valence electrons. The molecule has 1 N–H and O–H groups in total. The Hall–Kier alpha value is -1.63. The molecule has 2 rings (SSSR count). The first-order chi connectivity index (χ1) is 9.37. The van der Waals surface area contributed by atoms with E-state index < -0.39 is 11.6 Å². The zero-order chi connectivity index (χ0) is 14.9. The summed E-state index contributed by atoms with van der Waals surface area (Å²) >= 11 is 0. The van der Waals surface area contributed by atoms with Gasteiger partial charge in [-0.25, -0.2) is 4.79 Å². The molecule has 0 saturated carbocycles. The van der Waals surface area contributed by atoms with Crippen LogP contribution in [0.1, 0.15) is 20.3 Å². The summed E-state index contributed by atoms with van der Waals surface area (Å²) in [7, 11) is 2.01. The van der Waals surface area contributed by atoms with Gasteiger partial charge in [0.15, 0.2) is 0 Å². The van der Waals surface area contributed by atoms with Crippen LogP contribution in [0.25, 0.3) is 0 Å². The molecule has 20 heavy (non-hydrogen) atoms. The van der Waals surface area contributed by atoms with Crippen LogP contribution >= 0.6 is 0 Å². The summed E-state index contributed by atoms with van der Waals surface area (Å²) in [5, 5.41) is 2.65. The Kier molecular flexibility index (Phi) is 3.99. The SMILES string of the molecule is CCC1(C)NC(=O)N(CC(=O)N2CCN(C)CC2)C1=O. The minimum Gasteiger partial charge on any atom is -0.339 e. The predicted octanol–water partition coefficient (Wildman–Crippen LogP) is -0.519. The maximum atomic E-state index is 12.2. The number of urea groups is 1. The van der Waals surface area contributed by atoms with Crippen molar-refractivity contribution in [1.82, 2.24) is 20.0 Å². The van der Waals surface area contributed by atoms with E-state index in [4.69, 9.17) is 0 Å². The summed E-state index contributed by atoms with van der Waals surface area (Å²) < 4.78 is 0. The summed E-state index contributed by atoms with van der Waals surface area (Å²) in [5.41, 5.74) is -0.876. The molecule has 2 heterocycles. The fourth-order valence-corrected chi connectivity index (χ4v) is 2.42. The molecule has 0 bridgehead atoms. The maximum Gasteiger partial charge on any atom is 0.325 e. The number of rotatable bonds is 3. The molecule has 7 nitrogen and oxygen atoms in total. The molecule has 0 aromatic carbocycles. The van der Waals surface area contributed by atoms with Crippen molar-refractivity contribution in [1.29, 1.82) is 0 Å². The molecular formula is C13H22N4O3. The lowest BCUT2D eigenvalue weighted by molar-refractivity contribution is -0.139. The number of imide groups is 1. The quantitative estimate of drug-likeness (QED) is 0.707. The van der Waals surface area contributed by atoms with E-state index in [1.54, 1.807) is 11.8 Å². The van der Waals surface area contributed by atoms with Gasteiger partial charge in [0.1, 0.15) is 12.1 Å². The van der Waals surface area contributed by atoms with Gasteiger partial charge in [-0.1, -0.05) is 6.92 Å². The van der Waals surface area contributed by atoms with Crippen LogP contribution in [-0.2, 0) is 9.59 Å². The summed E-state index contributed by atoms with van der Waals surface area (Å²) in [4.78, 5) is 41.1. The van der Waals surface area contributed by atoms with Crippen molar-refractivity contribution in [3.05, 3.63) is 0 Å². The lowest BCUT2D eigenvalue weighted by Crippen LogP contribution is -2.51. The van der Waals surface area contributed by atoms with Crippen molar-refractivity contribution in [2.24, 2.45) is 0 Å². The number of nitrogens with one attached hydrogen (secondary N) is 1. The van der Waals surface area contributed by atoms with Crippen LogP contribution in [0.15, 0.2) is 0 Å². The molecule has 2 aliphatic heterocycles. The number of carbonyl (C=O) groups excluding carboxylic acids is 3. The van der Waals surface area contributed by atoms with Gasteiger partial charge in [0.2, 0.25) is 5.91 Å². The van der Waals surface area contributed by atoms with E-state index in [9.17, 15) is 14.4 Å². The standard InChI is InChI=1S/C13H22N4O3/c1-4-13(2)11(19)17(12(20)14-13)9-10(18)16-7-5-15(3)6-8-16/h4-9H2,1-3H3,(H,14,20). The van der Waals surface area contributed by atoms with Gasteiger partial charge in [-0.3, -0.25) is 14.5 Å². The lowest BCUT2D eigenvalue weighted by Gasteiger charge is -2.33. The number of nitrogens with zero attached hydrogens (tertiary/aromatic N) is 3. The van der Waals surface area contributed by atoms with E-state index in [1.807, 2.05) is 14.0 Å². The van der Waals surface area contributed by atoms with Crippen molar-refractivity contribution in [2.45, 2.75) is 25.8 Å². The molecule has 2 saturated heterocycles. The van der Waals surface area contributed by atoms with Crippen molar-refractivity contribution < 1.29 is 14.4 Å². The van der Waals surface area contributed by atoms with Crippen LogP contribution in [0.4, 0.5) is 4.79 Å². The Morgan fingerprint density at radius 2 is 1.85 bits per heavy atom. The van der Waals surface area contributed by atoms with E-state index >= 15 is 0 Å². The highest BCUT2D eigenvalue weighted by Crippen LogP contribution is 2.20. The number of carbonyl (C=O) groups is 3. The number of likely N-dealkylation sites (N-methyl/N-ethyl adjacent to an activating group) is 1. The molecule has 1 unspecified atom stereocenters. The average molecular weight is 282 g/mol. The fourth-order valence-electron chi connectivity index (χ4n) is 2.42. The van der Waals surface area contributed by atoms with E-state index in [1.165, 1.54) is 0 Å². The Labute approximate surface area is 118 Å². The third kappa shape index (κ3) is 2.63. The Morgan fingerprint density at radius 3 is 2.35 bits per heavy atom. The topological polar surface area (TPSA) is 73.0 Å². The van der Waals surface area contributed by atoms with Gasteiger partial charge < -0.3 is 15.1 Å². The molecule has 0 spiro atoms. The zero-order valence-electron chi connectivity index (χ0n) is 12.3.